The van der Waals surface area contributed by atoms with Gasteiger partial charge in [-0.05, 0) is 54.3 Å². The molecule has 2 aromatic rings. The Morgan fingerprint density at radius 1 is 1.18 bits per heavy atom. The van der Waals surface area contributed by atoms with E-state index in [0.29, 0.717) is 12.1 Å². The van der Waals surface area contributed by atoms with Crippen molar-refractivity contribution in [1.82, 2.24) is 5.32 Å². The number of aliphatic hydroxyl groups excluding tert-OH is 1. The van der Waals surface area contributed by atoms with E-state index in [4.69, 9.17) is 5.11 Å². The van der Waals surface area contributed by atoms with Crippen LogP contribution in [0.3, 0.4) is 0 Å². The third kappa shape index (κ3) is 7.48. The van der Waals surface area contributed by atoms with Crippen molar-refractivity contribution in [3.8, 4) is 5.75 Å². The number of benzene rings is 2. The molecule has 1 fully saturated rings. The number of phenolic OH excluding ortho intramolecular Hbond substituents is 1. The Bertz CT molecular complexity index is 1090. The van der Waals surface area contributed by atoms with E-state index >= 15 is 0 Å². The van der Waals surface area contributed by atoms with Crippen LogP contribution in [-0.4, -0.2) is 61.6 Å². The molecular weight excluding hydrogens is 446 g/mol. The number of aromatic hydroxyl groups is 1. The van der Waals surface area contributed by atoms with Crippen molar-refractivity contribution in [2.75, 3.05) is 35.5 Å². The summed E-state index contributed by atoms with van der Waals surface area (Å²) < 4.78 is 25.1. The van der Waals surface area contributed by atoms with Crippen LogP contribution >= 0.6 is 0 Å². The summed E-state index contributed by atoms with van der Waals surface area (Å²) in [5.41, 5.74) is 2.44. The molecule has 2 aromatic carbocycles. The summed E-state index contributed by atoms with van der Waals surface area (Å²) in [5.74, 6) is -1.18. The number of hydrogen-bond acceptors (Lipinski definition) is 7. The van der Waals surface area contributed by atoms with Gasteiger partial charge in [0.15, 0.2) is 0 Å². The van der Waals surface area contributed by atoms with Gasteiger partial charge in [-0.15, -0.1) is 0 Å². The number of rotatable bonds is 9. The van der Waals surface area contributed by atoms with Crippen LogP contribution in [0.15, 0.2) is 48.5 Å². The number of carboxylic acid groups (broad SMARTS) is 1. The van der Waals surface area contributed by atoms with Gasteiger partial charge >= 0.3 is 5.97 Å². The van der Waals surface area contributed by atoms with E-state index in [1.807, 2.05) is 24.3 Å². The lowest BCUT2D eigenvalue weighted by Crippen LogP contribution is -2.43. The lowest BCUT2D eigenvalue weighted by Gasteiger charge is -2.34. The maximum absolute atomic E-state index is 11.4. The summed E-state index contributed by atoms with van der Waals surface area (Å²) in [6, 6.07) is 12.3. The molecule has 0 aliphatic carbocycles. The van der Waals surface area contributed by atoms with Crippen molar-refractivity contribution in [3.63, 3.8) is 0 Å². The van der Waals surface area contributed by atoms with E-state index in [1.165, 1.54) is 12.1 Å². The first-order valence-electron chi connectivity index (χ1n) is 10.6. The molecule has 0 spiro atoms. The zero-order valence-electron chi connectivity index (χ0n) is 18.3. The number of hydrogen-bond donors (Lipinski definition) is 5. The SMILES string of the molecule is CS(=O)(=O)Nc1cc([C@@H](O)CNC2CCN(c3ccc(C=CC(=O)O)cc3)CC2)ccc1O. The third-order valence-electron chi connectivity index (χ3n) is 5.47. The number of carboxylic acids is 1. The first-order chi connectivity index (χ1) is 15.6. The van der Waals surface area contributed by atoms with Gasteiger partial charge in [0.2, 0.25) is 10.0 Å². The number of carbonyl (C=O) groups is 1. The molecule has 5 N–H and O–H groups in total. The topological polar surface area (TPSA) is 139 Å². The van der Waals surface area contributed by atoms with Crippen molar-refractivity contribution < 1.29 is 28.5 Å². The fourth-order valence-corrected chi connectivity index (χ4v) is 4.31. The van der Waals surface area contributed by atoms with Gasteiger partial charge in [-0.25, -0.2) is 13.2 Å². The fraction of sp³-hybridized carbons (Fsp3) is 0.348. The Balaban J connectivity index is 1.49. The normalized spacial score (nSPS) is 16.1. The summed E-state index contributed by atoms with van der Waals surface area (Å²) in [6.45, 7) is 2.00. The molecule has 1 aliphatic heterocycles. The van der Waals surface area contributed by atoms with E-state index in [-0.39, 0.29) is 17.5 Å². The van der Waals surface area contributed by atoms with Crippen LogP contribution in [0, 0.1) is 0 Å². The van der Waals surface area contributed by atoms with E-state index in [9.17, 15) is 23.4 Å². The summed E-state index contributed by atoms with van der Waals surface area (Å²) in [5, 5.41) is 32.4. The van der Waals surface area contributed by atoms with Crippen molar-refractivity contribution in [3.05, 3.63) is 59.7 Å². The molecule has 10 heteroatoms. The van der Waals surface area contributed by atoms with Crippen LogP contribution in [0.25, 0.3) is 6.08 Å². The smallest absolute Gasteiger partial charge is 0.328 e. The summed E-state index contributed by atoms with van der Waals surface area (Å²) in [6.07, 6.45) is 4.60. The highest BCUT2D eigenvalue weighted by atomic mass is 32.2. The van der Waals surface area contributed by atoms with Crippen LogP contribution in [0.2, 0.25) is 0 Å². The van der Waals surface area contributed by atoms with Crippen LogP contribution in [0.4, 0.5) is 11.4 Å². The molecule has 1 aliphatic rings. The van der Waals surface area contributed by atoms with Gasteiger partial charge in [0.25, 0.3) is 0 Å². The maximum atomic E-state index is 11.4. The molecule has 0 amide bonds. The molecule has 0 radical (unpaired) electrons. The van der Waals surface area contributed by atoms with Gasteiger partial charge in [0.1, 0.15) is 5.75 Å². The van der Waals surface area contributed by atoms with Gasteiger partial charge in [-0.1, -0.05) is 18.2 Å². The van der Waals surface area contributed by atoms with Crippen LogP contribution in [-0.2, 0) is 14.8 Å². The van der Waals surface area contributed by atoms with E-state index in [0.717, 1.165) is 49.5 Å². The zero-order valence-corrected chi connectivity index (χ0v) is 19.1. The highest BCUT2D eigenvalue weighted by Crippen LogP contribution is 2.28. The number of sulfonamides is 1. The number of phenols is 1. The lowest BCUT2D eigenvalue weighted by molar-refractivity contribution is -0.131. The Kier molecular flexibility index (Phi) is 7.96. The molecule has 0 bridgehead atoms. The molecule has 1 saturated heterocycles. The molecule has 1 heterocycles. The summed E-state index contributed by atoms with van der Waals surface area (Å²) in [4.78, 5) is 12.9. The van der Waals surface area contributed by atoms with Gasteiger partial charge in [-0.2, -0.15) is 0 Å². The van der Waals surface area contributed by atoms with Crippen molar-refractivity contribution in [2.45, 2.75) is 25.0 Å². The van der Waals surface area contributed by atoms with Gasteiger partial charge < -0.3 is 25.5 Å². The summed E-state index contributed by atoms with van der Waals surface area (Å²) in [7, 11) is -3.55. The van der Waals surface area contributed by atoms with Crippen molar-refractivity contribution in [2.24, 2.45) is 0 Å². The quantitative estimate of drug-likeness (QED) is 0.275. The number of aliphatic hydroxyl groups is 1. The number of nitrogens with zero attached hydrogens (tertiary/aromatic N) is 1. The Hall–Kier alpha value is -3.08. The average molecular weight is 476 g/mol. The molecule has 3 rings (SSSR count). The Morgan fingerprint density at radius 3 is 2.45 bits per heavy atom. The maximum Gasteiger partial charge on any atom is 0.328 e. The molecule has 0 unspecified atom stereocenters. The summed E-state index contributed by atoms with van der Waals surface area (Å²) >= 11 is 0. The van der Waals surface area contributed by atoms with Crippen molar-refractivity contribution >= 4 is 33.4 Å². The Labute approximate surface area is 193 Å². The average Bonchev–Trinajstić information content (AvgIpc) is 2.77. The number of aliphatic carboxylic acids is 1. The number of nitrogens with one attached hydrogen (secondary N) is 2. The minimum absolute atomic E-state index is 0.0341. The largest absolute Gasteiger partial charge is 0.506 e. The molecule has 1 atom stereocenters. The first-order valence-corrected chi connectivity index (χ1v) is 12.5. The van der Waals surface area contributed by atoms with Crippen molar-refractivity contribution in [1.29, 1.82) is 0 Å². The second-order valence-electron chi connectivity index (χ2n) is 8.10. The number of piperidine rings is 1. The van der Waals surface area contributed by atoms with Crippen LogP contribution in [0.1, 0.15) is 30.1 Å². The van der Waals surface area contributed by atoms with E-state index in [2.05, 4.69) is 14.9 Å². The van der Waals surface area contributed by atoms with Crippen LogP contribution in [0.5, 0.6) is 5.75 Å². The van der Waals surface area contributed by atoms with Gasteiger partial charge in [0, 0.05) is 37.4 Å². The highest BCUT2D eigenvalue weighted by Gasteiger charge is 2.20. The standard InChI is InChI=1S/C23H29N3O6S/c1-33(31,32)25-20-14-17(5-8-21(20)27)22(28)15-24-18-10-12-26(13-11-18)19-6-2-16(3-7-19)4-9-23(29)30/h2-9,14,18,22,24-25,27-28H,10-13,15H2,1H3,(H,29,30)/t22-/m0/s1. The molecule has 0 aromatic heterocycles. The second-order valence-corrected chi connectivity index (χ2v) is 9.85. The molecule has 9 nitrogen and oxygen atoms in total. The highest BCUT2D eigenvalue weighted by molar-refractivity contribution is 7.92. The molecule has 33 heavy (non-hydrogen) atoms. The Morgan fingerprint density at radius 2 is 1.85 bits per heavy atom. The minimum Gasteiger partial charge on any atom is -0.506 e. The van der Waals surface area contributed by atoms with E-state index in [1.54, 1.807) is 12.1 Å². The van der Waals surface area contributed by atoms with Crippen LogP contribution < -0.4 is 14.9 Å². The predicted molar refractivity (Wildman–Crippen MR) is 128 cm³/mol. The molecule has 178 valence electrons. The predicted octanol–water partition coefficient (Wildman–Crippen LogP) is 2.15. The van der Waals surface area contributed by atoms with Gasteiger partial charge in [-0.3, -0.25) is 4.72 Å². The zero-order chi connectivity index (χ0) is 24.0. The minimum atomic E-state index is -3.55. The molecule has 0 saturated carbocycles. The monoisotopic (exact) mass is 475 g/mol. The first kappa shape index (κ1) is 24.6. The lowest BCUT2D eigenvalue weighted by atomic mass is 10.0. The number of anilines is 2. The molecular formula is C23H29N3O6S. The second kappa shape index (κ2) is 10.7. The van der Waals surface area contributed by atoms with Gasteiger partial charge in [0.05, 0.1) is 18.0 Å². The fourth-order valence-electron chi connectivity index (χ4n) is 3.74. The third-order valence-corrected chi connectivity index (χ3v) is 6.06. The van der Waals surface area contributed by atoms with E-state index < -0.39 is 22.1 Å².